The average Bonchev–Trinajstić information content (AvgIpc) is 2.35. The smallest absolute Gasteiger partial charge is 0.428 e. The highest BCUT2D eigenvalue weighted by Crippen LogP contribution is 2.28. The highest BCUT2D eigenvalue weighted by Gasteiger charge is 2.44. The minimum absolute atomic E-state index is 0.156. The molecule has 2 nitrogen and oxygen atoms in total. The highest BCUT2D eigenvalue weighted by molar-refractivity contribution is 9.09. The molecular formula is C12H11BrF4O2. The first-order chi connectivity index (χ1) is 8.86. The largest absolute Gasteiger partial charge is 0.461 e. The lowest BCUT2D eigenvalue weighted by Gasteiger charge is -2.17. The number of rotatable bonds is 7. The van der Waals surface area contributed by atoms with Gasteiger partial charge in [-0.2, -0.15) is 17.6 Å². The van der Waals surface area contributed by atoms with Crippen LogP contribution in [0.1, 0.15) is 23.2 Å². The van der Waals surface area contributed by atoms with E-state index >= 15 is 0 Å². The van der Waals surface area contributed by atoms with Crippen molar-refractivity contribution in [3.05, 3.63) is 29.8 Å². The monoisotopic (exact) mass is 342 g/mol. The molecule has 7 heteroatoms. The Balaban J connectivity index is 2.80. The second-order valence-corrected chi connectivity index (χ2v) is 4.50. The second kappa shape index (κ2) is 6.88. The molecule has 1 aromatic rings. The van der Waals surface area contributed by atoms with Crippen molar-refractivity contribution in [3.8, 4) is 5.75 Å². The van der Waals surface area contributed by atoms with E-state index in [0.717, 1.165) is 12.1 Å². The maximum atomic E-state index is 12.7. The number of benzene rings is 1. The van der Waals surface area contributed by atoms with Crippen LogP contribution in [-0.2, 0) is 0 Å². The van der Waals surface area contributed by atoms with Crippen molar-refractivity contribution >= 4 is 21.7 Å². The van der Waals surface area contributed by atoms with Gasteiger partial charge in [-0.25, -0.2) is 0 Å². The normalized spacial score (nSPS) is 11.7. The summed E-state index contributed by atoms with van der Waals surface area (Å²) in [5.74, 6) is -0.722. The van der Waals surface area contributed by atoms with Crippen molar-refractivity contribution in [3.63, 3.8) is 0 Å². The van der Waals surface area contributed by atoms with Gasteiger partial charge in [0.15, 0.2) is 5.78 Å². The molecule has 0 aliphatic rings. The SMILES string of the molecule is O=C(CCCBr)c1cccc(OC(F)(F)C(F)F)c1. The number of carbonyl (C=O) groups excluding carboxylic acids is 1. The summed E-state index contributed by atoms with van der Waals surface area (Å²) < 4.78 is 53.3. The lowest BCUT2D eigenvalue weighted by atomic mass is 10.1. The first-order valence-corrected chi connectivity index (χ1v) is 6.53. The van der Waals surface area contributed by atoms with Crippen molar-refractivity contribution in [2.75, 3.05) is 5.33 Å². The van der Waals surface area contributed by atoms with Gasteiger partial charge in [0.2, 0.25) is 0 Å². The number of hydrogen-bond donors (Lipinski definition) is 0. The predicted octanol–water partition coefficient (Wildman–Crippen LogP) is 4.28. The Bertz CT molecular complexity index is 437. The zero-order chi connectivity index (χ0) is 14.5. The predicted molar refractivity (Wildman–Crippen MR) is 65.4 cm³/mol. The van der Waals surface area contributed by atoms with E-state index in [9.17, 15) is 22.4 Å². The molecule has 0 heterocycles. The van der Waals surface area contributed by atoms with Crippen LogP contribution in [0.4, 0.5) is 17.6 Å². The van der Waals surface area contributed by atoms with Crippen molar-refractivity contribution in [1.82, 2.24) is 0 Å². The Labute approximate surface area is 115 Å². The standard InChI is InChI=1S/C12H11BrF4O2/c13-6-2-5-10(18)8-3-1-4-9(7-8)19-12(16,17)11(14)15/h1,3-4,7,11H,2,5-6H2. The molecule has 0 aliphatic carbocycles. The Morgan fingerprint density at radius 2 is 2.05 bits per heavy atom. The molecule has 0 atom stereocenters. The topological polar surface area (TPSA) is 26.3 Å². The van der Waals surface area contributed by atoms with Gasteiger partial charge in [-0.1, -0.05) is 28.1 Å². The summed E-state index contributed by atoms with van der Waals surface area (Å²) >= 11 is 3.16. The van der Waals surface area contributed by atoms with Crippen LogP contribution in [0.3, 0.4) is 0 Å². The fraction of sp³-hybridized carbons (Fsp3) is 0.417. The number of alkyl halides is 5. The van der Waals surface area contributed by atoms with Crippen molar-refractivity contribution in [2.45, 2.75) is 25.4 Å². The van der Waals surface area contributed by atoms with Crippen LogP contribution in [0.2, 0.25) is 0 Å². The van der Waals surface area contributed by atoms with Crippen molar-refractivity contribution in [1.29, 1.82) is 0 Å². The van der Waals surface area contributed by atoms with E-state index in [1.807, 2.05) is 0 Å². The molecule has 0 fully saturated rings. The van der Waals surface area contributed by atoms with E-state index in [1.165, 1.54) is 12.1 Å². The number of ketones is 1. The number of halogens is 5. The Morgan fingerprint density at radius 3 is 2.63 bits per heavy atom. The van der Waals surface area contributed by atoms with E-state index in [-0.39, 0.29) is 17.8 Å². The summed E-state index contributed by atoms with van der Waals surface area (Å²) in [4.78, 5) is 11.6. The quantitative estimate of drug-likeness (QED) is 0.420. The molecule has 1 aromatic carbocycles. The van der Waals surface area contributed by atoms with Gasteiger partial charge in [-0.3, -0.25) is 4.79 Å². The van der Waals surface area contributed by atoms with Crippen molar-refractivity contribution in [2.24, 2.45) is 0 Å². The van der Waals surface area contributed by atoms with E-state index in [0.29, 0.717) is 11.8 Å². The lowest BCUT2D eigenvalue weighted by molar-refractivity contribution is -0.253. The summed E-state index contributed by atoms with van der Waals surface area (Å²) in [7, 11) is 0. The maximum Gasteiger partial charge on any atom is 0.461 e. The van der Waals surface area contributed by atoms with Crippen LogP contribution in [0.25, 0.3) is 0 Å². The average molecular weight is 343 g/mol. The molecule has 106 valence electrons. The van der Waals surface area contributed by atoms with Gasteiger partial charge in [0.1, 0.15) is 5.75 Å². The van der Waals surface area contributed by atoms with Gasteiger partial charge in [0.05, 0.1) is 0 Å². The molecule has 0 unspecified atom stereocenters. The molecule has 1 rings (SSSR count). The number of ether oxygens (including phenoxy) is 1. The van der Waals surface area contributed by atoms with E-state index < -0.39 is 18.3 Å². The number of Topliss-reactive ketones (excluding diaryl/α,β-unsaturated/α-hetero) is 1. The summed E-state index contributed by atoms with van der Waals surface area (Å²) in [6.07, 6.45) is -7.67. The summed E-state index contributed by atoms with van der Waals surface area (Å²) in [5.41, 5.74) is 0.156. The molecule has 0 saturated carbocycles. The third-order valence-electron chi connectivity index (χ3n) is 2.20. The van der Waals surface area contributed by atoms with Gasteiger partial charge >= 0.3 is 12.5 Å². The van der Waals surface area contributed by atoms with Gasteiger partial charge in [-0.05, 0) is 18.6 Å². The summed E-state index contributed by atoms with van der Waals surface area (Å²) in [6.45, 7) is 0. The third-order valence-corrected chi connectivity index (χ3v) is 2.76. The highest BCUT2D eigenvalue weighted by atomic mass is 79.9. The summed E-state index contributed by atoms with van der Waals surface area (Å²) in [6, 6.07) is 4.85. The molecular weight excluding hydrogens is 332 g/mol. The molecule has 0 spiro atoms. The van der Waals surface area contributed by atoms with E-state index in [2.05, 4.69) is 20.7 Å². The van der Waals surface area contributed by atoms with Crippen molar-refractivity contribution < 1.29 is 27.1 Å². The fourth-order valence-corrected chi connectivity index (χ4v) is 1.59. The van der Waals surface area contributed by atoms with Crippen LogP contribution < -0.4 is 4.74 Å². The Morgan fingerprint density at radius 1 is 1.37 bits per heavy atom. The molecule has 0 saturated heterocycles. The third kappa shape index (κ3) is 4.81. The fourth-order valence-electron chi connectivity index (χ4n) is 1.31. The molecule has 0 aromatic heterocycles. The van der Waals surface area contributed by atoms with Crippen LogP contribution in [0, 0.1) is 0 Å². The maximum absolute atomic E-state index is 12.7. The van der Waals surface area contributed by atoms with Gasteiger partial charge in [0, 0.05) is 17.3 Å². The van der Waals surface area contributed by atoms with Gasteiger partial charge in [0.25, 0.3) is 0 Å². The van der Waals surface area contributed by atoms with Gasteiger partial charge in [-0.15, -0.1) is 0 Å². The molecule has 0 amide bonds. The van der Waals surface area contributed by atoms with Gasteiger partial charge < -0.3 is 4.74 Å². The second-order valence-electron chi connectivity index (χ2n) is 3.71. The minimum Gasteiger partial charge on any atom is -0.428 e. The minimum atomic E-state index is -4.57. The van der Waals surface area contributed by atoms with Crippen LogP contribution in [0.5, 0.6) is 5.75 Å². The zero-order valence-corrected chi connectivity index (χ0v) is 11.3. The van der Waals surface area contributed by atoms with E-state index in [4.69, 9.17) is 0 Å². The van der Waals surface area contributed by atoms with E-state index in [1.54, 1.807) is 0 Å². The zero-order valence-electron chi connectivity index (χ0n) is 9.71. The molecule has 19 heavy (non-hydrogen) atoms. The number of carbonyl (C=O) groups is 1. The molecule has 0 radical (unpaired) electrons. The Kier molecular flexibility index (Phi) is 5.78. The lowest BCUT2D eigenvalue weighted by Crippen LogP contribution is -2.33. The molecule has 0 aliphatic heterocycles. The molecule has 0 bridgehead atoms. The first-order valence-electron chi connectivity index (χ1n) is 5.41. The summed E-state index contributed by atoms with van der Waals surface area (Å²) in [5, 5.41) is 0.637. The Hall–Kier alpha value is -1.11. The van der Waals surface area contributed by atoms with Crippen LogP contribution >= 0.6 is 15.9 Å². The first kappa shape index (κ1) is 15.9. The number of hydrogen-bond acceptors (Lipinski definition) is 2. The van der Waals surface area contributed by atoms with Crippen LogP contribution in [-0.4, -0.2) is 23.6 Å². The van der Waals surface area contributed by atoms with Crippen LogP contribution in [0.15, 0.2) is 24.3 Å². The molecule has 0 N–H and O–H groups in total.